The first kappa shape index (κ1) is 13.8. The van der Waals surface area contributed by atoms with Crippen LogP contribution in [-0.4, -0.2) is 14.5 Å². The molecule has 0 bridgehead atoms. The number of alkyl halides is 1. The van der Waals surface area contributed by atoms with Crippen LogP contribution in [0.3, 0.4) is 0 Å². The van der Waals surface area contributed by atoms with E-state index >= 15 is 0 Å². The van der Waals surface area contributed by atoms with Crippen molar-refractivity contribution in [3.63, 3.8) is 0 Å². The maximum absolute atomic E-state index is 6.22. The van der Waals surface area contributed by atoms with Crippen molar-refractivity contribution in [2.45, 2.75) is 39.1 Å². The first-order valence-corrected chi connectivity index (χ1v) is 7.41. The predicted octanol–water partition coefficient (Wildman–Crippen LogP) is 4.54. The largest absolute Gasteiger partial charge is 0.311 e. The second-order valence-electron chi connectivity index (χ2n) is 4.71. The van der Waals surface area contributed by atoms with E-state index in [-0.39, 0.29) is 5.38 Å². The Hall–Kier alpha value is -0.610. The number of imidazole rings is 1. The summed E-state index contributed by atoms with van der Waals surface area (Å²) in [6.45, 7) is 7.28. The maximum atomic E-state index is 6.22. The quantitative estimate of drug-likeness (QED) is 0.771. The van der Waals surface area contributed by atoms with E-state index in [0.717, 1.165) is 34.4 Å². The van der Waals surface area contributed by atoms with Gasteiger partial charge in [-0.25, -0.2) is 9.97 Å². The first-order chi connectivity index (χ1) is 8.52. The molecular formula is C13H17BrClN3. The van der Waals surface area contributed by atoms with Crippen molar-refractivity contribution in [1.82, 2.24) is 14.5 Å². The van der Waals surface area contributed by atoms with Crippen molar-refractivity contribution >= 4 is 38.7 Å². The lowest BCUT2D eigenvalue weighted by Crippen LogP contribution is -2.11. The fourth-order valence-corrected chi connectivity index (χ4v) is 2.41. The normalized spacial score (nSPS) is 14.9. The van der Waals surface area contributed by atoms with E-state index < -0.39 is 0 Å². The van der Waals surface area contributed by atoms with E-state index in [1.165, 1.54) is 0 Å². The number of rotatable bonds is 4. The van der Waals surface area contributed by atoms with Crippen molar-refractivity contribution in [3.8, 4) is 0 Å². The van der Waals surface area contributed by atoms with Crippen molar-refractivity contribution < 1.29 is 0 Å². The van der Waals surface area contributed by atoms with Crippen LogP contribution in [-0.2, 0) is 6.54 Å². The van der Waals surface area contributed by atoms with Gasteiger partial charge in [0.05, 0.1) is 5.38 Å². The minimum atomic E-state index is -0.109. The van der Waals surface area contributed by atoms with Crippen LogP contribution in [0.2, 0.25) is 0 Å². The number of fused-ring (bicyclic) bond motifs is 1. The van der Waals surface area contributed by atoms with E-state index in [1.54, 1.807) is 6.20 Å². The lowest BCUT2D eigenvalue weighted by Gasteiger charge is -2.14. The standard InChI is InChI=1S/C13H17BrClN3/c1-4-8(2)7-18-12(9(3)15)17-11-5-10(14)6-16-13(11)18/h5-6,8-9H,4,7H2,1-3H3. The lowest BCUT2D eigenvalue weighted by atomic mass is 10.1. The summed E-state index contributed by atoms with van der Waals surface area (Å²) < 4.78 is 3.09. The van der Waals surface area contributed by atoms with Crippen molar-refractivity contribution in [2.24, 2.45) is 5.92 Å². The van der Waals surface area contributed by atoms with Crippen LogP contribution in [0.4, 0.5) is 0 Å². The van der Waals surface area contributed by atoms with E-state index in [2.05, 4.69) is 44.3 Å². The topological polar surface area (TPSA) is 30.7 Å². The van der Waals surface area contributed by atoms with Gasteiger partial charge in [-0.05, 0) is 34.8 Å². The molecule has 0 N–H and O–H groups in total. The number of aromatic nitrogens is 3. The molecule has 2 atom stereocenters. The molecule has 2 aromatic heterocycles. The van der Waals surface area contributed by atoms with Crippen molar-refractivity contribution in [1.29, 1.82) is 0 Å². The molecule has 0 saturated carbocycles. The molecule has 0 aliphatic heterocycles. The van der Waals surface area contributed by atoms with Gasteiger partial charge in [-0.1, -0.05) is 20.3 Å². The van der Waals surface area contributed by atoms with Crippen LogP contribution >= 0.6 is 27.5 Å². The third-order valence-electron chi connectivity index (χ3n) is 3.13. The van der Waals surface area contributed by atoms with Gasteiger partial charge in [-0.3, -0.25) is 0 Å². The van der Waals surface area contributed by atoms with Crippen LogP contribution in [0.1, 0.15) is 38.4 Å². The SMILES string of the molecule is CCC(C)Cn1c(C(C)Cl)nc2cc(Br)cnc21. The van der Waals surface area contributed by atoms with Gasteiger partial charge in [0.1, 0.15) is 11.3 Å². The lowest BCUT2D eigenvalue weighted by molar-refractivity contribution is 0.464. The highest BCUT2D eigenvalue weighted by Crippen LogP contribution is 2.26. The molecule has 5 heteroatoms. The Labute approximate surface area is 121 Å². The van der Waals surface area contributed by atoms with Crippen molar-refractivity contribution in [3.05, 3.63) is 22.6 Å². The highest BCUT2D eigenvalue weighted by molar-refractivity contribution is 9.10. The Balaban J connectivity index is 2.55. The molecular weight excluding hydrogens is 314 g/mol. The maximum Gasteiger partial charge on any atom is 0.160 e. The van der Waals surface area contributed by atoms with E-state index in [0.29, 0.717) is 5.92 Å². The second-order valence-corrected chi connectivity index (χ2v) is 6.28. The Morgan fingerprint density at radius 2 is 2.17 bits per heavy atom. The minimum Gasteiger partial charge on any atom is -0.311 e. The molecule has 0 aliphatic carbocycles. The molecule has 0 radical (unpaired) electrons. The van der Waals surface area contributed by atoms with E-state index in [1.807, 2.05) is 13.0 Å². The molecule has 98 valence electrons. The summed E-state index contributed by atoms with van der Waals surface area (Å²) >= 11 is 9.65. The van der Waals surface area contributed by atoms with E-state index in [9.17, 15) is 0 Å². The molecule has 0 amide bonds. The van der Waals surface area contributed by atoms with Crippen LogP contribution < -0.4 is 0 Å². The number of hydrogen-bond acceptors (Lipinski definition) is 2. The zero-order valence-corrected chi connectivity index (χ0v) is 13.2. The molecule has 3 nitrogen and oxygen atoms in total. The summed E-state index contributed by atoms with van der Waals surface area (Å²) in [6.07, 6.45) is 2.94. The van der Waals surface area contributed by atoms with Gasteiger partial charge in [0, 0.05) is 17.2 Å². The Kier molecular flexibility index (Phi) is 4.28. The summed E-state index contributed by atoms with van der Waals surface area (Å²) in [4.78, 5) is 9.06. The van der Waals surface area contributed by atoms with Gasteiger partial charge >= 0.3 is 0 Å². The molecule has 0 aromatic carbocycles. The fourth-order valence-electron chi connectivity index (χ4n) is 1.93. The summed E-state index contributed by atoms with van der Waals surface area (Å²) in [7, 11) is 0. The van der Waals surface area contributed by atoms with E-state index in [4.69, 9.17) is 11.6 Å². The van der Waals surface area contributed by atoms with Gasteiger partial charge < -0.3 is 4.57 Å². The molecule has 0 saturated heterocycles. The van der Waals surface area contributed by atoms with Gasteiger partial charge in [0.2, 0.25) is 0 Å². The number of halogens is 2. The Morgan fingerprint density at radius 3 is 2.78 bits per heavy atom. The predicted molar refractivity (Wildman–Crippen MR) is 79.0 cm³/mol. The highest BCUT2D eigenvalue weighted by atomic mass is 79.9. The molecule has 0 fully saturated rings. The highest BCUT2D eigenvalue weighted by Gasteiger charge is 2.17. The average molecular weight is 331 g/mol. The number of hydrogen-bond donors (Lipinski definition) is 0. The number of pyridine rings is 1. The molecule has 2 rings (SSSR count). The van der Waals surface area contributed by atoms with Crippen LogP contribution in [0.25, 0.3) is 11.2 Å². The molecule has 2 unspecified atom stereocenters. The summed E-state index contributed by atoms with van der Waals surface area (Å²) in [6, 6.07) is 1.98. The second kappa shape index (κ2) is 5.57. The first-order valence-electron chi connectivity index (χ1n) is 6.18. The fraction of sp³-hybridized carbons (Fsp3) is 0.538. The van der Waals surface area contributed by atoms with Crippen LogP contribution in [0.5, 0.6) is 0 Å². The summed E-state index contributed by atoms with van der Waals surface area (Å²) in [5, 5.41) is -0.109. The third-order valence-corrected chi connectivity index (χ3v) is 3.76. The zero-order chi connectivity index (χ0) is 13.3. The number of nitrogens with zero attached hydrogens (tertiary/aromatic N) is 3. The van der Waals surface area contributed by atoms with Crippen LogP contribution in [0, 0.1) is 5.92 Å². The van der Waals surface area contributed by atoms with Gasteiger partial charge in [0.15, 0.2) is 5.65 Å². The van der Waals surface area contributed by atoms with Gasteiger partial charge in [0.25, 0.3) is 0 Å². The van der Waals surface area contributed by atoms with Gasteiger partial charge in [-0.15, -0.1) is 11.6 Å². The Bertz CT molecular complexity index is 550. The molecule has 0 aliphatic rings. The monoisotopic (exact) mass is 329 g/mol. The van der Waals surface area contributed by atoms with Gasteiger partial charge in [-0.2, -0.15) is 0 Å². The molecule has 0 spiro atoms. The summed E-state index contributed by atoms with van der Waals surface area (Å²) in [5.74, 6) is 1.49. The third kappa shape index (κ3) is 2.69. The summed E-state index contributed by atoms with van der Waals surface area (Å²) in [5.41, 5.74) is 1.82. The van der Waals surface area contributed by atoms with Crippen molar-refractivity contribution in [2.75, 3.05) is 0 Å². The average Bonchev–Trinajstić information content (AvgIpc) is 2.67. The van der Waals surface area contributed by atoms with Crippen LogP contribution in [0.15, 0.2) is 16.7 Å². The minimum absolute atomic E-state index is 0.109. The molecule has 18 heavy (non-hydrogen) atoms. The smallest absolute Gasteiger partial charge is 0.160 e. The Morgan fingerprint density at radius 1 is 1.44 bits per heavy atom. The zero-order valence-electron chi connectivity index (χ0n) is 10.8. The molecule has 2 heterocycles. The molecule has 2 aromatic rings.